The summed E-state index contributed by atoms with van der Waals surface area (Å²) in [6.45, 7) is 1.79. The van der Waals surface area contributed by atoms with E-state index < -0.39 is 17.8 Å². The van der Waals surface area contributed by atoms with Crippen molar-refractivity contribution in [1.82, 2.24) is 14.6 Å². The van der Waals surface area contributed by atoms with Gasteiger partial charge in [0.25, 0.3) is 0 Å². The second-order valence-electron chi connectivity index (χ2n) is 7.11. The molecule has 3 N–H and O–H groups in total. The largest absolute Gasteiger partial charge is 0.481 e. The Morgan fingerprint density at radius 3 is 2.59 bits per heavy atom. The number of carbonyl (C=O) groups excluding carboxylic acids is 1. The van der Waals surface area contributed by atoms with E-state index in [1.54, 1.807) is 49.4 Å². The first-order valence-electron chi connectivity index (χ1n) is 9.75. The summed E-state index contributed by atoms with van der Waals surface area (Å²) in [6.07, 6.45) is -0.310. The van der Waals surface area contributed by atoms with Crippen LogP contribution in [-0.4, -0.2) is 31.6 Å². The Morgan fingerprint density at radius 2 is 1.84 bits per heavy atom. The van der Waals surface area contributed by atoms with Crippen molar-refractivity contribution in [3.63, 3.8) is 0 Å². The topological polar surface area (TPSA) is 120 Å². The van der Waals surface area contributed by atoms with Gasteiger partial charge in [0.05, 0.1) is 17.5 Å². The van der Waals surface area contributed by atoms with Gasteiger partial charge in [-0.2, -0.15) is 0 Å². The monoisotopic (exact) mass is 434 g/mol. The summed E-state index contributed by atoms with van der Waals surface area (Å²) in [5.41, 5.74) is 7.35. The maximum atomic E-state index is 14.9. The molecule has 0 aliphatic carbocycles. The Kier molecular flexibility index (Phi) is 5.65. The highest BCUT2D eigenvalue weighted by molar-refractivity contribution is 5.96. The lowest BCUT2D eigenvalue weighted by Crippen LogP contribution is -2.16. The van der Waals surface area contributed by atoms with E-state index in [4.69, 9.17) is 15.6 Å². The maximum Gasteiger partial charge on any atom is 0.364 e. The number of aromatic nitrogens is 3. The SMILES string of the molecule is Cc1ccc2c(C(=O)Oc3ccccc3CC(=O)O)nc(-c3cccc(CN)c3F)nn12. The summed E-state index contributed by atoms with van der Waals surface area (Å²) in [4.78, 5) is 28.5. The van der Waals surface area contributed by atoms with Crippen LogP contribution in [0.2, 0.25) is 0 Å². The fraction of sp³-hybridized carbons (Fsp3) is 0.130. The maximum absolute atomic E-state index is 14.9. The first kappa shape index (κ1) is 21.1. The molecule has 2 aromatic heterocycles. The molecule has 0 fully saturated rings. The van der Waals surface area contributed by atoms with Crippen LogP contribution < -0.4 is 10.5 Å². The highest BCUT2D eigenvalue weighted by Gasteiger charge is 2.22. The number of carboxylic acid groups (broad SMARTS) is 1. The number of benzene rings is 2. The number of carboxylic acids is 1. The van der Waals surface area contributed by atoms with E-state index in [9.17, 15) is 14.0 Å². The fourth-order valence-corrected chi connectivity index (χ4v) is 3.36. The molecule has 2 heterocycles. The molecular weight excluding hydrogens is 415 g/mol. The Labute approximate surface area is 182 Å². The molecule has 0 saturated heterocycles. The van der Waals surface area contributed by atoms with Gasteiger partial charge in [0.1, 0.15) is 11.6 Å². The molecule has 0 unspecified atom stereocenters. The molecular formula is C23H19FN4O4. The molecule has 0 aliphatic heterocycles. The standard InChI is InChI=1S/C23H19FN4O4/c1-13-9-10-17-21(23(31)32-18-8-3-2-5-14(18)11-19(29)30)26-22(27-28(13)17)16-7-4-6-15(12-25)20(16)24/h2-10H,11-12,25H2,1H3,(H,29,30). The van der Waals surface area contributed by atoms with Crippen LogP contribution in [0.5, 0.6) is 5.75 Å². The molecule has 0 aliphatic rings. The van der Waals surface area contributed by atoms with Crippen molar-refractivity contribution in [2.75, 3.05) is 0 Å². The molecule has 0 radical (unpaired) electrons. The number of ether oxygens (including phenoxy) is 1. The highest BCUT2D eigenvalue weighted by Crippen LogP contribution is 2.25. The van der Waals surface area contributed by atoms with E-state index >= 15 is 0 Å². The minimum Gasteiger partial charge on any atom is -0.481 e. The molecule has 0 atom stereocenters. The lowest BCUT2D eigenvalue weighted by atomic mass is 10.1. The van der Waals surface area contributed by atoms with Crippen LogP contribution in [0.15, 0.2) is 54.6 Å². The van der Waals surface area contributed by atoms with Gasteiger partial charge in [-0.25, -0.2) is 18.7 Å². The highest BCUT2D eigenvalue weighted by atomic mass is 19.1. The molecule has 0 spiro atoms. The van der Waals surface area contributed by atoms with Gasteiger partial charge in [-0.05, 0) is 31.2 Å². The quantitative estimate of drug-likeness (QED) is 0.353. The molecule has 32 heavy (non-hydrogen) atoms. The van der Waals surface area contributed by atoms with Crippen LogP contribution in [0.25, 0.3) is 16.9 Å². The lowest BCUT2D eigenvalue weighted by molar-refractivity contribution is -0.136. The van der Waals surface area contributed by atoms with E-state index in [0.29, 0.717) is 22.3 Å². The number of nitrogens with two attached hydrogens (primary N) is 1. The van der Waals surface area contributed by atoms with Crippen molar-refractivity contribution in [3.8, 4) is 17.1 Å². The number of nitrogens with zero attached hydrogens (tertiary/aromatic N) is 3. The molecule has 162 valence electrons. The zero-order chi connectivity index (χ0) is 22.8. The number of esters is 1. The zero-order valence-corrected chi connectivity index (χ0v) is 17.1. The number of hydrogen-bond acceptors (Lipinski definition) is 6. The summed E-state index contributed by atoms with van der Waals surface area (Å²) in [5.74, 6) is -2.33. The minimum absolute atomic E-state index is 0.000272. The summed E-state index contributed by atoms with van der Waals surface area (Å²) in [6, 6.07) is 14.5. The van der Waals surface area contributed by atoms with Crippen LogP contribution >= 0.6 is 0 Å². The van der Waals surface area contributed by atoms with Crippen molar-refractivity contribution in [2.24, 2.45) is 5.73 Å². The summed E-state index contributed by atoms with van der Waals surface area (Å²) >= 11 is 0. The van der Waals surface area contributed by atoms with Crippen LogP contribution in [0.1, 0.15) is 27.3 Å². The number of aryl methyl sites for hydroxylation is 1. The van der Waals surface area contributed by atoms with E-state index in [1.807, 2.05) is 0 Å². The number of para-hydroxylation sites is 1. The average molecular weight is 434 g/mol. The van der Waals surface area contributed by atoms with Gasteiger partial charge < -0.3 is 15.6 Å². The van der Waals surface area contributed by atoms with E-state index in [-0.39, 0.29) is 35.8 Å². The van der Waals surface area contributed by atoms with Crippen molar-refractivity contribution in [2.45, 2.75) is 19.9 Å². The van der Waals surface area contributed by atoms with E-state index in [0.717, 1.165) is 0 Å². The predicted octanol–water partition coefficient (Wildman–Crippen LogP) is 3.15. The third kappa shape index (κ3) is 3.93. The zero-order valence-electron chi connectivity index (χ0n) is 17.1. The van der Waals surface area contributed by atoms with Gasteiger partial charge in [-0.15, -0.1) is 5.10 Å². The number of carbonyl (C=O) groups is 2. The third-order valence-corrected chi connectivity index (χ3v) is 4.95. The van der Waals surface area contributed by atoms with Crippen LogP contribution in [0.4, 0.5) is 4.39 Å². The number of aliphatic carboxylic acids is 1. The van der Waals surface area contributed by atoms with Gasteiger partial charge in [-0.3, -0.25) is 4.79 Å². The molecule has 4 rings (SSSR count). The Bertz CT molecular complexity index is 1350. The molecule has 4 aromatic rings. The average Bonchev–Trinajstić information content (AvgIpc) is 3.15. The molecule has 0 amide bonds. The van der Waals surface area contributed by atoms with Crippen molar-refractivity contribution in [1.29, 1.82) is 0 Å². The summed E-state index contributed by atoms with van der Waals surface area (Å²) in [5, 5.41) is 13.5. The molecule has 0 bridgehead atoms. The van der Waals surface area contributed by atoms with Gasteiger partial charge in [0.15, 0.2) is 11.5 Å². The van der Waals surface area contributed by atoms with Crippen LogP contribution in [-0.2, 0) is 17.8 Å². The van der Waals surface area contributed by atoms with Crippen LogP contribution in [0, 0.1) is 12.7 Å². The van der Waals surface area contributed by atoms with Crippen molar-refractivity contribution in [3.05, 3.63) is 82.9 Å². The fourth-order valence-electron chi connectivity index (χ4n) is 3.36. The van der Waals surface area contributed by atoms with Gasteiger partial charge in [0, 0.05) is 23.4 Å². The number of hydrogen-bond donors (Lipinski definition) is 2. The normalized spacial score (nSPS) is 11.0. The van der Waals surface area contributed by atoms with E-state index in [1.165, 1.54) is 16.6 Å². The minimum atomic E-state index is -1.06. The summed E-state index contributed by atoms with van der Waals surface area (Å²) < 4.78 is 21.9. The van der Waals surface area contributed by atoms with E-state index in [2.05, 4.69) is 10.1 Å². The Hall–Kier alpha value is -4.11. The second kappa shape index (κ2) is 8.56. The lowest BCUT2D eigenvalue weighted by Gasteiger charge is -2.11. The smallest absolute Gasteiger partial charge is 0.364 e. The molecule has 9 heteroatoms. The summed E-state index contributed by atoms with van der Waals surface area (Å²) in [7, 11) is 0. The van der Waals surface area contributed by atoms with Gasteiger partial charge >= 0.3 is 11.9 Å². The number of fused-ring (bicyclic) bond motifs is 1. The van der Waals surface area contributed by atoms with Gasteiger partial charge in [-0.1, -0.05) is 30.3 Å². The first-order valence-corrected chi connectivity index (χ1v) is 9.75. The third-order valence-electron chi connectivity index (χ3n) is 4.95. The molecule has 2 aromatic carbocycles. The van der Waals surface area contributed by atoms with Crippen molar-refractivity contribution < 1.29 is 23.8 Å². The van der Waals surface area contributed by atoms with Gasteiger partial charge in [0.2, 0.25) is 0 Å². The first-order chi connectivity index (χ1) is 15.4. The molecule has 8 nitrogen and oxygen atoms in total. The van der Waals surface area contributed by atoms with Crippen molar-refractivity contribution >= 4 is 17.5 Å². The molecule has 0 saturated carbocycles. The number of halogens is 1. The Balaban J connectivity index is 1.82. The number of rotatable bonds is 6. The van der Waals surface area contributed by atoms with Crippen LogP contribution in [0.3, 0.4) is 0 Å². The predicted molar refractivity (Wildman–Crippen MR) is 114 cm³/mol. The second-order valence-corrected chi connectivity index (χ2v) is 7.11. The Morgan fingerprint density at radius 1 is 1.09 bits per heavy atom.